The van der Waals surface area contributed by atoms with Crippen molar-refractivity contribution in [3.63, 3.8) is 0 Å². The summed E-state index contributed by atoms with van der Waals surface area (Å²) in [6.45, 7) is -0.690. The average Bonchev–Trinajstić information content (AvgIpc) is 2.03. The predicted octanol–water partition coefficient (Wildman–Crippen LogP) is -0.659. The van der Waals surface area contributed by atoms with Crippen LogP contribution in [0.15, 0.2) is 0 Å². The molecule has 1 atom stereocenters. The molecule has 0 spiro atoms. The fourth-order valence-electron chi connectivity index (χ4n) is 0.602. The largest absolute Gasteiger partial charge is 0.370 e. The summed E-state index contributed by atoms with van der Waals surface area (Å²) in [6.07, 6.45) is -3.40. The first-order chi connectivity index (χ1) is 5.61. The zero-order chi connectivity index (χ0) is 9.56. The normalized spacial score (nSPS) is 13.1. The van der Waals surface area contributed by atoms with Gasteiger partial charge in [0.05, 0.1) is 6.54 Å². The van der Waals surface area contributed by atoms with Gasteiger partial charge in [0.1, 0.15) is 6.10 Å². The number of carbonyl (C=O) groups is 1. The summed E-state index contributed by atoms with van der Waals surface area (Å²) in [7, 11) is 1.29. The van der Waals surface area contributed by atoms with Gasteiger partial charge in [0.15, 0.2) is 0 Å². The molecule has 0 saturated carbocycles. The van der Waals surface area contributed by atoms with Crippen LogP contribution in [0.2, 0.25) is 0 Å². The zero-order valence-electron chi connectivity index (χ0n) is 6.72. The number of nitrogens with two attached hydrogens (primary N) is 1. The fourth-order valence-corrected chi connectivity index (χ4v) is 0.602. The third kappa shape index (κ3) is 4.20. The molecule has 1 amide bonds. The maximum Gasteiger partial charge on any atom is 0.255 e. The van der Waals surface area contributed by atoms with Gasteiger partial charge >= 0.3 is 0 Å². The molecule has 4 nitrogen and oxygen atoms in total. The molecule has 3 N–H and O–H groups in total. The molecule has 0 heterocycles. The molecule has 6 heteroatoms. The smallest absolute Gasteiger partial charge is 0.255 e. The van der Waals surface area contributed by atoms with Crippen molar-refractivity contribution < 1.29 is 18.3 Å². The first kappa shape index (κ1) is 11.2. The second-order valence-electron chi connectivity index (χ2n) is 2.10. The van der Waals surface area contributed by atoms with E-state index < -0.39 is 25.0 Å². The Labute approximate surface area is 69.1 Å². The van der Waals surface area contributed by atoms with Crippen molar-refractivity contribution in [2.45, 2.75) is 12.5 Å². The number of ether oxygens (including phenoxy) is 1. The van der Waals surface area contributed by atoms with Crippen LogP contribution in [-0.2, 0) is 9.53 Å². The lowest BCUT2D eigenvalue weighted by atomic mass is 10.3. The molecule has 12 heavy (non-hydrogen) atoms. The van der Waals surface area contributed by atoms with Crippen molar-refractivity contribution >= 4 is 5.91 Å². The number of amides is 1. The average molecular weight is 182 g/mol. The topological polar surface area (TPSA) is 64.3 Å². The second kappa shape index (κ2) is 5.84. The van der Waals surface area contributed by atoms with Crippen LogP contribution >= 0.6 is 0 Å². The van der Waals surface area contributed by atoms with Crippen LogP contribution in [-0.4, -0.2) is 38.6 Å². The van der Waals surface area contributed by atoms with Crippen molar-refractivity contribution in [2.75, 3.05) is 20.2 Å². The Bertz CT molecular complexity index is 140. The van der Waals surface area contributed by atoms with Crippen LogP contribution in [0.25, 0.3) is 0 Å². The van der Waals surface area contributed by atoms with Gasteiger partial charge in [-0.2, -0.15) is 0 Å². The molecular weight excluding hydrogens is 170 g/mol. The number of rotatable bonds is 5. The molecule has 0 aromatic carbocycles. The van der Waals surface area contributed by atoms with E-state index in [1.54, 1.807) is 0 Å². The van der Waals surface area contributed by atoms with Gasteiger partial charge < -0.3 is 15.8 Å². The number of nitrogens with one attached hydrogen (secondary N) is 1. The minimum Gasteiger partial charge on any atom is -0.370 e. The molecule has 0 fully saturated rings. The highest BCUT2D eigenvalue weighted by molar-refractivity contribution is 5.80. The van der Waals surface area contributed by atoms with Gasteiger partial charge in [0.2, 0.25) is 0 Å². The van der Waals surface area contributed by atoms with Crippen LogP contribution in [0.3, 0.4) is 0 Å². The lowest BCUT2D eigenvalue weighted by Crippen LogP contribution is -2.42. The highest BCUT2D eigenvalue weighted by Crippen LogP contribution is 1.90. The third-order valence-electron chi connectivity index (χ3n) is 1.22. The lowest BCUT2D eigenvalue weighted by Gasteiger charge is -2.12. The number of hydrogen-bond donors (Lipinski definition) is 2. The van der Waals surface area contributed by atoms with E-state index in [1.165, 1.54) is 7.11 Å². The molecular formula is C6H12F2N2O2. The minimum absolute atomic E-state index is 0.0223. The quantitative estimate of drug-likeness (QED) is 0.593. The van der Waals surface area contributed by atoms with E-state index in [-0.39, 0.29) is 6.54 Å². The predicted molar refractivity (Wildman–Crippen MR) is 38.9 cm³/mol. The first-order valence-corrected chi connectivity index (χ1v) is 3.40. The molecule has 0 aliphatic rings. The molecule has 0 aromatic heterocycles. The summed E-state index contributed by atoms with van der Waals surface area (Å²) in [5, 5.41) is 1.99. The summed E-state index contributed by atoms with van der Waals surface area (Å²) in [5.41, 5.74) is 5.12. The number of halogens is 2. The molecule has 1 unspecified atom stereocenters. The molecule has 0 aliphatic heterocycles. The Morgan fingerprint density at radius 2 is 2.25 bits per heavy atom. The summed E-state index contributed by atoms with van der Waals surface area (Å²) in [6, 6.07) is 0. The third-order valence-corrected chi connectivity index (χ3v) is 1.22. The van der Waals surface area contributed by atoms with Gasteiger partial charge in [0, 0.05) is 13.7 Å². The Balaban J connectivity index is 3.69. The van der Waals surface area contributed by atoms with E-state index in [0.29, 0.717) is 0 Å². The Morgan fingerprint density at radius 3 is 2.58 bits per heavy atom. The van der Waals surface area contributed by atoms with Crippen LogP contribution in [0.5, 0.6) is 0 Å². The Morgan fingerprint density at radius 1 is 1.67 bits per heavy atom. The van der Waals surface area contributed by atoms with Crippen molar-refractivity contribution in [1.29, 1.82) is 0 Å². The van der Waals surface area contributed by atoms with Gasteiger partial charge in [0.25, 0.3) is 12.3 Å². The standard InChI is InChI=1S/C6H12F2N2O2/c1-12-4(2-9)6(11)10-3-5(7)8/h4-5H,2-3,9H2,1H3,(H,10,11). The number of alkyl halides is 2. The SMILES string of the molecule is COC(CN)C(=O)NCC(F)F. The summed E-state index contributed by atoms with van der Waals surface area (Å²) >= 11 is 0. The van der Waals surface area contributed by atoms with E-state index in [2.05, 4.69) is 4.74 Å². The summed E-state index contributed by atoms with van der Waals surface area (Å²) in [4.78, 5) is 10.9. The van der Waals surface area contributed by atoms with Gasteiger partial charge in [-0.05, 0) is 0 Å². The van der Waals surface area contributed by atoms with Crippen LogP contribution in [0, 0.1) is 0 Å². The molecule has 0 rings (SSSR count). The van der Waals surface area contributed by atoms with Crippen molar-refractivity contribution in [3.8, 4) is 0 Å². The van der Waals surface area contributed by atoms with Crippen molar-refractivity contribution in [3.05, 3.63) is 0 Å². The molecule has 0 bridgehead atoms. The van der Waals surface area contributed by atoms with Gasteiger partial charge in [-0.3, -0.25) is 4.79 Å². The molecule has 0 radical (unpaired) electrons. The number of methoxy groups -OCH3 is 1. The van der Waals surface area contributed by atoms with Gasteiger partial charge in [-0.1, -0.05) is 0 Å². The van der Waals surface area contributed by atoms with Crippen LogP contribution in [0.1, 0.15) is 0 Å². The maximum absolute atomic E-state index is 11.6. The van der Waals surface area contributed by atoms with Crippen molar-refractivity contribution in [2.24, 2.45) is 5.73 Å². The summed E-state index contributed by atoms with van der Waals surface area (Å²) in [5.74, 6) is -0.611. The molecule has 0 saturated heterocycles. The van der Waals surface area contributed by atoms with Crippen LogP contribution in [0.4, 0.5) is 8.78 Å². The van der Waals surface area contributed by atoms with Gasteiger partial charge in [-0.25, -0.2) is 8.78 Å². The van der Waals surface area contributed by atoms with Gasteiger partial charge in [-0.15, -0.1) is 0 Å². The van der Waals surface area contributed by atoms with E-state index in [4.69, 9.17) is 5.73 Å². The summed E-state index contributed by atoms with van der Waals surface area (Å²) < 4.78 is 27.8. The number of carbonyl (C=O) groups excluding carboxylic acids is 1. The monoisotopic (exact) mass is 182 g/mol. The maximum atomic E-state index is 11.6. The molecule has 72 valence electrons. The minimum atomic E-state index is -2.55. The van der Waals surface area contributed by atoms with E-state index in [1.807, 2.05) is 5.32 Å². The van der Waals surface area contributed by atoms with E-state index in [9.17, 15) is 13.6 Å². The second-order valence-corrected chi connectivity index (χ2v) is 2.10. The zero-order valence-corrected chi connectivity index (χ0v) is 6.72. The molecule has 0 aliphatic carbocycles. The highest BCUT2D eigenvalue weighted by atomic mass is 19.3. The molecule has 0 aromatic rings. The van der Waals surface area contributed by atoms with Crippen LogP contribution < -0.4 is 11.1 Å². The van der Waals surface area contributed by atoms with E-state index >= 15 is 0 Å². The Kier molecular flexibility index (Phi) is 5.48. The lowest BCUT2D eigenvalue weighted by molar-refractivity contribution is -0.131. The van der Waals surface area contributed by atoms with Crippen molar-refractivity contribution in [1.82, 2.24) is 5.32 Å². The first-order valence-electron chi connectivity index (χ1n) is 3.40. The fraction of sp³-hybridized carbons (Fsp3) is 0.833. The van der Waals surface area contributed by atoms with E-state index in [0.717, 1.165) is 0 Å². The Hall–Kier alpha value is -0.750. The highest BCUT2D eigenvalue weighted by Gasteiger charge is 2.16. The number of hydrogen-bond acceptors (Lipinski definition) is 3.